The van der Waals surface area contributed by atoms with Crippen LogP contribution in [0.1, 0.15) is 41.0 Å². The number of nitrogens with one attached hydrogen (secondary N) is 1. The van der Waals surface area contributed by atoms with Gasteiger partial charge in [-0.15, -0.1) is 0 Å². The van der Waals surface area contributed by atoms with Gasteiger partial charge in [0.25, 0.3) is 0 Å². The van der Waals surface area contributed by atoms with Crippen molar-refractivity contribution in [1.82, 2.24) is 5.32 Å². The van der Waals surface area contributed by atoms with Crippen LogP contribution in [0.25, 0.3) is 0 Å². The molecule has 1 aliphatic heterocycles. The van der Waals surface area contributed by atoms with Crippen molar-refractivity contribution >= 4 is 0 Å². The molecule has 3 unspecified atom stereocenters. The van der Waals surface area contributed by atoms with Gasteiger partial charge in [-0.25, -0.2) is 0 Å². The van der Waals surface area contributed by atoms with Gasteiger partial charge >= 0.3 is 0 Å². The maximum absolute atomic E-state index is 6.13. The Morgan fingerprint density at radius 2 is 2.08 bits per heavy atom. The first kappa shape index (κ1) is 11.0. The molecule has 13 heavy (non-hydrogen) atoms. The zero-order valence-corrected chi connectivity index (χ0v) is 9.55. The van der Waals surface area contributed by atoms with Gasteiger partial charge in [0.1, 0.15) is 0 Å². The van der Waals surface area contributed by atoms with E-state index in [2.05, 4.69) is 39.9 Å². The molecule has 78 valence electrons. The normalized spacial score (nSPS) is 41.1. The van der Waals surface area contributed by atoms with E-state index in [0.717, 1.165) is 13.0 Å². The summed E-state index contributed by atoms with van der Waals surface area (Å²) >= 11 is 0. The lowest BCUT2D eigenvalue weighted by Gasteiger charge is -2.46. The minimum atomic E-state index is 0.0614. The summed E-state index contributed by atoms with van der Waals surface area (Å²) in [7, 11) is 0. The van der Waals surface area contributed by atoms with Crippen LogP contribution in [-0.2, 0) is 4.74 Å². The highest BCUT2D eigenvalue weighted by Gasteiger charge is 2.39. The quantitative estimate of drug-likeness (QED) is 0.712. The van der Waals surface area contributed by atoms with E-state index in [4.69, 9.17) is 4.74 Å². The monoisotopic (exact) mass is 185 g/mol. The maximum Gasteiger partial charge on any atom is 0.0830 e. The Balaban J connectivity index is 2.69. The lowest BCUT2D eigenvalue weighted by molar-refractivity contribution is -0.150. The molecular formula is C11H23NO. The van der Waals surface area contributed by atoms with E-state index in [-0.39, 0.29) is 5.60 Å². The number of morpholine rings is 1. The zero-order valence-electron chi connectivity index (χ0n) is 9.55. The van der Waals surface area contributed by atoms with Crippen LogP contribution in [0.5, 0.6) is 0 Å². The predicted molar refractivity (Wildman–Crippen MR) is 55.9 cm³/mol. The van der Waals surface area contributed by atoms with Gasteiger partial charge in [-0.05, 0) is 26.2 Å². The van der Waals surface area contributed by atoms with Crippen LogP contribution in [0.15, 0.2) is 0 Å². The fourth-order valence-corrected chi connectivity index (χ4v) is 1.97. The van der Waals surface area contributed by atoms with Crippen molar-refractivity contribution in [2.75, 3.05) is 6.54 Å². The summed E-state index contributed by atoms with van der Waals surface area (Å²) in [6.45, 7) is 12.0. The van der Waals surface area contributed by atoms with E-state index in [1.54, 1.807) is 0 Å². The molecule has 1 N–H and O–H groups in total. The highest BCUT2D eigenvalue weighted by Crippen LogP contribution is 2.30. The second-order valence-corrected chi connectivity index (χ2v) is 4.57. The SMILES string of the molecule is CCC1(C(C)C)CNC(C)C(C)O1. The smallest absolute Gasteiger partial charge is 0.0830 e. The van der Waals surface area contributed by atoms with Crippen molar-refractivity contribution in [1.29, 1.82) is 0 Å². The van der Waals surface area contributed by atoms with Crippen molar-refractivity contribution < 1.29 is 4.74 Å². The van der Waals surface area contributed by atoms with Crippen LogP contribution in [0.3, 0.4) is 0 Å². The topological polar surface area (TPSA) is 21.3 Å². The minimum Gasteiger partial charge on any atom is -0.369 e. The predicted octanol–water partition coefficient (Wildman–Crippen LogP) is 2.19. The molecule has 1 fully saturated rings. The molecular weight excluding hydrogens is 162 g/mol. The molecule has 1 saturated heterocycles. The second kappa shape index (κ2) is 3.97. The highest BCUT2D eigenvalue weighted by molar-refractivity contribution is 4.92. The van der Waals surface area contributed by atoms with Crippen molar-refractivity contribution in [3.63, 3.8) is 0 Å². The molecule has 0 aliphatic carbocycles. The van der Waals surface area contributed by atoms with E-state index in [1.807, 2.05) is 0 Å². The van der Waals surface area contributed by atoms with Crippen LogP contribution in [0.4, 0.5) is 0 Å². The van der Waals surface area contributed by atoms with Crippen molar-refractivity contribution in [2.45, 2.75) is 58.8 Å². The fourth-order valence-electron chi connectivity index (χ4n) is 1.97. The molecule has 0 saturated carbocycles. The molecule has 2 heteroatoms. The summed E-state index contributed by atoms with van der Waals surface area (Å²) in [5.74, 6) is 0.583. The van der Waals surface area contributed by atoms with Gasteiger partial charge in [0.05, 0.1) is 11.7 Å². The highest BCUT2D eigenvalue weighted by atomic mass is 16.5. The average molecular weight is 185 g/mol. The minimum absolute atomic E-state index is 0.0614. The Hall–Kier alpha value is -0.0800. The van der Waals surface area contributed by atoms with Crippen molar-refractivity contribution in [3.8, 4) is 0 Å². The standard InChI is InChI=1S/C11H23NO/c1-6-11(8(2)3)7-12-9(4)10(5)13-11/h8-10,12H,6-7H2,1-5H3. The fraction of sp³-hybridized carbons (Fsp3) is 1.00. The Morgan fingerprint density at radius 1 is 1.46 bits per heavy atom. The van der Waals surface area contributed by atoms with Crippen molar-refractivity contribution in [2.24, 2.45) is 5.92 Å². The third-order valence-electron chi connectivity index (χ3n) is 3.50. The first-order chi connectivity index (χ1) is 6.02. The Kier molecular flexibility index (Phi) is 3.36. The van der Waals surface area contributed by atoms with Gasteiger partial charge in [0, 0.05) is 12.6 Å². The number of hydrogen-bond acceptors (Lipinski definition) is 2. The first-order valence-corrected chi connectivity index (χ1v) is 5.43. The van der Waals surface area contributed by atoms with E-state index < -0.39 is 0 Å². The summed E-state index contributed by atoms with van der Waals surface area (Å²) in [5.41, 5.74) is 0.0614. The van der Waals surface area contributed by atoms with E-state index in [9.17, 15) is 0 Å². The van der Waals surface area contributed by atoms with E-state index >= 15 is 0 Å². The number of ether oxygens (including phenoxy) is 1. The molecule has 1 heterocycles. The van der Waals surface area contributed by atoms with Gasteiger partial charge in [0.2, 0.25) is 0 Å². The lowest BCUT2D eigenvalue weighted by Crippen LogP contribution is -2.59. The van der Waals surface area contributed by atoms with Gasteiger partial charge in [0.15, 0.2) is 0 Å². The zero-order chi connectivity index (χ0) is 10.1. The first-order valence-electron chi connectivity index (χ1n) is 5.43. The van der Waals surface area contributed by atoms with E-state index in [1.165, 1.54) is 0 Å². The van der Waals surface area contributed by atoms with Crippen LogP contribution < -0.4 is 5.32 Å². The summed E-state index contributed by atoms with van der Waals surface area (Å²) in [5, 5.41) is 3.53. The van der Waals surface area contributed by atoms with Crippen molar-refractivity contribution in [3.05, 3.63) is 0 Å². The third kappa shape index (κ3) is 2.05. The third-order valence-corrected chi connectivity index (χ3v) is 3.50. The van der Waals surface area contributed by atoms with Gasteiger partial charge in [-0.3, -0.25) is 0 Å². The summed E-state index contributed by atoms with van der Waals surface area (Å²) in [6.07, 6.45) is 1.42. The maximum atomic E-state index is 6.13. The Morgan fingerprint density at radius 3 is 2.46 bits per heavy atom. The lowest BCUT2D eigenvalue weighted by atomic mass is 9.85. The molecule has 0 radical (unpaired) electrons. The van der Waals surface area contributed by atoms with Gasteiger partial charge in [-0.1, -0.05) is 20.8 Å². The van der Waals surface area contributed by atoms with E-state index in [0.29, 0.717) is 18.1 Å². The molecule has 0 bridgehead atoms. The van der Waals surface area contributed by atoms with Crippen LogP contribution >= 0.6 is 0 Å². The molecule has 2 nitrogen and oxygen atoms in total. The van der Waals surface area contributed by atoms with Gasteiger partial charge < -0.3 is 10.1 Å². The molecule has 0 aromatic heterocycles. The molecule has 0 amide bonds. The molecule has 0 spiro atoms. The molecule has 1 rings (SSSR count). The summed E-state index contributed by atoms with van der Waals surface area (Å²) in [6, 6.07) is 0.485. The molecule has 1 aliphatic rings. The Bertz CT molecular complexity index is 169. The largest absolute Gasteiger partial charge is 0.369 e. The number of rotatable bonds is 2. The van der Waals surface area contributed by atoms with Crippen LogP contribution in [0.2, 0.25) is 0 Å². The molecule has 3 atom stereocenters. The Labute approximate surface area is 82.0 Å². The second-order valence-electron chi connectivity index (χ2n) is 4.57. The van der Waals surface area contributed by atoms with Crippen LogP contribution in [-0.4, -0.2) is 24.3 Å². The average Bonchev–Trinajstić information content (AvgIpc) is 2.09. The summed E-state index contributed by atoms with van der Waals surface area (Å²) in [4.78, 5) is 0. The van der Waals surface area contributed by atoms with Gasteiger partial charge in [-0.2, -0.15) is 0 Å². The van der Waals surface area contributed by atoms with Crippen LogP contribution in [0, 0.1) is 5.92 Å². The number of hydrogen-bond donors (Lipinski definition) is 1. The molecule has 0 aromatic carbocycles. The summed E-state index contributed by atoms with van der Waals surface area (Å²) < 4.78 is 6.13. The molecule has 0 aromatic rings.